The molecule has 0 aliphatic carbocycles. The summed E-state index contributed by atoms with van der Waals surface area (Å²) in [5.74, 6) is 1.24. The molecule has 0 aliphatic heterocycles. The van der Waals surface area contributed by atoms with E-state index in [1.807, 2.05) is 13.1 Å². The summed E-state index contributed by atoms with van der Waals surface area (Å²) >= 11 is 1.78. The molecule has 0 aromatic carbocycles. The van der Waals surface area contributed by atoms with E-state index in [-0.39, 0.29) is 0 Å². The number of nitrogens with two attached hydrogens (primary N) is 2. The van der Waals surface area contributed by atoms with Gasteiger partial charge in [0.15, 0.2) is 0 Å². The Morgan fingerprint density at radius 3 is 2.72 bits per heavy atom. The van der Waals surface area contributed by atoms with Crippen molar-refractivity contribution >= 4 is 28.7 Å². The summed E-state index contributed by atoms with van der Waals surface area (Å²) in [6, 6.07) is 8.29. The molecule has 0 saturated heterocycles. The Bertz CT molecular complexity index is 510. The van der Waals surface area contributed by atoms with Gasteiger partial charge in [0.1, 0.15) is 11.6 Å². The largest absolute Gasteiger partial charge is 0.396 e. The van der Waals surface area contributed by atoms with Crippen LogP contribution in [0.1, 0.15) is 11.8 Å². The fraction of sp³-hybridized carbons (Fsp3) is 0.308. The molecule has 0 fully saturated rings. The third-order valence-corrected chi connectivity index (χ3v) is 3.94. The number of likely N-dealkylation sites (N-methyl/N-ethyl adjacent to an activating group) is 1. The van der Waals surface area contributed by atoms with Crippen LogP contribution in [0.3, 0.4) is 0 Å². The molecule has 1 atom stereocenters. The van der Waals surface area contributed by atoms with Gasteiger partial charge in [0.2, 0.25) is 0 Å². The van der Waals surface area contributed by atoms with E-state index in [0.29, 0.717) is 17.5 Å². The normalized spacial score (nSPS) is 12.3. The Labute approximate surface area is 111 Å². The van der Waals surface area contributed by atoms with Gasteiger partial charge in [-0.25, -0.2) is 4.98 Å². The summed E-state index contributed by atoms with van der Waals surface area (Å²) in [7, 11) is 2.02. The van der Waals surface area contributed by atoms with Crippen molar-refractivity contribution in [1.82, 2.24) is 4.98 Å². The second kappa shape index (κ2) is 5.27. The number of aromatic nitrogens is 1. The monoisotopic (exact) mass is 262 g/mol. The van der Waals surface area contributed by atoms with Crippen molar-refractivity contribution in [2.75, 3.05) is 23.4 Å². The average Bonchev–Trinajstić information content (AvgIpc) is 2.84. The van der Waals surface area contributed by atoms with Crippen LogP contribution in [0.5, 0.6) is 0 Å². The molecule has 4 N–H and O–H groups in total. The summed E-state index contributed by atoms with van der Waals surface area (Å²) in [5, 5.41) is 2.10. The zero-order valence-corrected chi connectivity index (χ0v) is 11.4. The maximum atomic E-state index is 5.73. The van der Waals surface area contributed by atoms with Crippen LogP contribution in [0.4, 0.5) is 17.3 Å². The topological polar surface area (TPSA) is 68.2 Å². The first-order valence-electron chi connectivity index (χ1n) is 5.85. The first-order chi connectivity index (χ1) is 8.58. The van der Waals surface area contributed by atoms with Gasteiger partial charge in [0.25, 0.3) is 0 Å². The molecule has 2 rings (SSSR count). The van der Waals surface area contributed by atoms with Gasteiger partial charge in [0, 0.05) is 24.4 Å². The average molecular weight is 262 g/mol. The van der Waals surface area contributed by atoms with E-state index in [1.54, 1.807) is 17.4 Å². The van der Waals surface area contributed by atoms with E-state index in [1.165, 1.54) is 4.88 Å². The van der Waals surface area contributed by atoms with Gasteiger partial charge >= 0.3 is 0 Å². The molecule has 1 unspecified atom stereocenters. The molecule has 0 radical (unpaired) electrons. The number of hydrogen-bond donors (Lipinski definition) is 2. The first kappa shape index (κ1) is 12.7. The van der Waals surface area contributed by atoms with Gasteiger partial charge in [-0.1, -0.05) is 6.07 Å². The van der Waals surface area contributed by atoms with Crippen LogP contribution in [0.15, 0.2) is 29.6 Å². The zero-order valence-electron chi connectivity index (χ0n) is 10.6. The number of thiophene rings is 1. The lowest BCUT2D eigenvalue weighted by Gasteiger charge is -2.26. The molecule has 2 heterocycles. The minimum Gasteiger partial charge on any atom is -0.396 e. The molecule has 0 aliphatic rings. The highest BCUT2D eigenvalue weighted by Crippen LogP contribution is 2.21. The molecule has 0 saturated carbocycles. The van der Waals surface area contributed by atoms with Crippen LogP contribution in [0, 0.1) is 0 Å². The van der Waals surface area contributed by atoms with E-state index in [4.69, 9.17) is 11.5 Å². The third-order valence-electron chi connectivity index (χ3n) is 3.04. The van der Waals surface area contributed by atoms with Crippen molar-refractivity contribution in [3.8, 4) is 0 Å². The maximum Gasteiger partial charge on any atom is 0.149 e. The molecular weight excluding hydrogens is 244 g/mol. The Kier molecular flexibility index (Phi) is 3.72. The minimum atomic E-state index is 0.360. The standard InChI is InChI=1S/C13H18N4S/c1-9(8-10-4-3-7-18-10)17(2)12-6-5-11(14)13(15)16-12/h3-7,9H,8,14H2,1-2H3,(H2,15,16). The Morgan fingerprint density at radius 2 is 2.11 bits per heavy atom. The molecule has 0 bridgehead atoms. The van der Waals surface area contributed by atoms with Crippen molar-refractivity contribution in [3.05, 3.63) is 34.5 Å². The number of hydrogen-bond acceptors (Lipinski definition) is 5. The number of nitrogens with zero attached hydrogens (tertiary/aromatic N) is 2. The van der Waals surface area contributed by atoms with Gasteiger partial charge < -0.3 is 16.4 Å². The van der Waals surface area contributed by atoms with E-state index >= 15 is 0 Å². The molecule has 0 amide bonds. The predicted molar refractivity (Wildman–Crippen MR) is 78.9 cm³/mol. The highest BCUT2D eigenvalue weighted by Gasteiger charge is 2.13. The molecule has 18 heavy (non-hydrogen) atoms. The van der Waals surface area contributed by atoms with Crippen LogP contribution < -0.4 is 16.4 Å². The molecule has 4 nitrogen and oxygen atoms in total. The van der Waals surface area contributed by atoms with Gasteiger partial charge in [0.05, 0.1) is 5.69 Å². The Hall–Kier alpha value is -1.75. The number of nitrogen functional groups attached to an aromatic ring is 2. The number of pyridine rings is 1. The second-order valence-electron chi connectivity index (χ2n) is 4.39. The van der Waals surface area contributed by atoms with Crippen molar-refractivity contribution in [2.24, 2.45) is 0 Å². The molecule has 0 spiro atoms. The Balaban J connectivity index is 2.10. The maximum absolute atomic E-state index is 5.73. The zero-order chi connectivity index (χ0) is 13.1. The summed E-state index contributed by atoms with van der Waals surface area (Å²) < 4.78 is 0. The highest BCUT2D eigenvalue weighted by molar-refractivity contribution is 7.09. The van der Waals surface area contributed by atoms with Gasteiger partial charge in [-0.2, -0.15) is 0 Å². The summed E-state index contributed by atoms with van der Waals surface area (Å²) in [6.45, 7) is 2.17. The van der Waals surface area contributed by atoms with Crippen LogP contribution in [-0.4, -0.2) is 18.1 Å². The Morgan fingerprint density at radius 1 is 1.33 bits per heavy atom. The van der Waals surface area contributed by atoms with Crippen molar-refractivity contribution in [2.45, 2.75) is 19.4 Å². The van der Waals surface area contributed by atoms with Crippen LogP contribution >= 0.6 is 11.3 Å². The quantitative estimate of drug-likeness (QED) is 0.887. The molecule has 2 aromatic heterocycles. The van der Waals surface area contributed by atoms with Gasteiger partial charge in [-0.15, -0.1) is 11.3 Å². The smallest absolute Gasteiger partial charge is 0.149 e. The van der Waals surface area contributed by atoms with Crippen molar-refractivity contribution in [3.63, 3.8) is 0 Å². The van der Waals surface area contributed by atoms with Gasteiger partial charge in [-0.3, -0.25) is 0 Å². The van der Waals surface area contributed by atoms with Crippen LogP contribution in [0.25, 0.3) is 0 Å². The SMILES string of the molecule is CC(Cc1cccs1)N(C)c1ccc(N)c(N)n1. The first-order valence-corrected chi connectivity index (χ1v) is 6.73. The number of rotatable bonds is 4. The second-order valence-corrected chi connectivity index (χ2v) is 5.42. The third kappa shape index (κ3) is 2.73. The lowest BCUT2D eigenvalue weighted by molar-refractivity contribution is 0.681. The fourth-order valence-electron chi connectivity index (χ4n) is 1.75. The van der Waals surface area contributed by atoms with Crippen LogP contribution in [0.2, 0.25) is 0 Å². The van der Waals surface area contributed by atoms with E-state index in [9.17, 15) is 0 Å². The molecule has 5 heteroatoms. The number of anilines is 3. The molecule has 96 valence electrons. The van der Waals surface area contributed by atoms with E-state index in [2.05, 4.69) is 34.3 Å². The predicted octanol–water partition coefficient (Wildman–Crippen LogP) is 2.37. The molecular formula is C13H18N4S. The van der Waals surface area contributed by atoms with Gasteiger partial charge in [-0.05, 0) is 30.5 Å². The van der Waals surface area contributed by atoms with E-state index < -0.39 is 0 Å². The molecule has 2 aromatic rings. The summed E-state index contributed by atoms with van der Waals surface area (Å²) in [4.78, 5) is 7.80. The van der Waals surface area contributed by atoms with Crippen molar-refractivity contribution in [1.29, 1.82) is 0 Å². The lowest BCUT2D eigenvalue weighted by atomic mass is 10.2. The summed E-state index contributed by atoms with van der Waals surface area (Å²) in [6.07, 6.45) is 1.00. The fourth-order valence-corrected chi connectivity index (χ4v) is 2.58. The highest BCUT2D eigenvalue weighted by atomic mass is 32.1. The van der Waals surface area contributed by atoms with Crippen molar-refractivity contribution < 1.29 is 0 Å². The van der Waals surface area contributed by atoms with Crippen LogP contribution in [-0.2, 0) is 6.42 Å². The summed E-state index contributed by atoms with van der Waals surface area (Å²) in [5.41, 5.74) is 11.9. The lowest BCUT2D eigenvalue weighted by Crippen LogP contribution is -2.31. The minimum absolute atomic E-state index is 0.360. The van der Waals surface area contributed by atoms with E-state index in [0.717, 1.165) is 12.2 Å².